The van der Waals surface area contributed by atoms with E-state index in [0.717, 1.165) is 12.1 Å². The lowest BCUT2D eigenvalue weighted by atomic mass is 10.1. The van der Waals surface area contributed by atoms with Crippen molar-refractivity contribution in [2.24, 2.45) is 0 Å². The van der Waals surface area contributed by atoms with Crippen LogP contribution in [0.15, 0.2) is 12.1 Å². The number of halogens is 4. The van der Waals surface area contributed by atoms with E-state index in [4.69, 9.17) is 16.7 Å². The van der Waals surface area contributed by atoms with Gasteiger partial charge in [-0.1, -0.05) is 11.6 Å². The first-order valence-corrected chi connectivity index (χ1v) is 3.83. The van der Waals surface area contributed by atoms with Gasteiger partial charge in [0.05, 0.1) is 10.6 Å². The molecule has 13 heavy (non-hydrogen) atoms. The maximum Gasteiger partial charge on any atom is 0.150 e. The molecule has 0 aliphatic carbocycles. The second-order valence-corrected chi connectivity index (χ2v) is 2.83. The molecule has 0 saturated heterocycles. The number of benzene rings is 1. The van der Waals surface area contributed by atoms with Gasteiger partial charge in [0.1, 0.15) is 18.6 Å². The van der Waals surface area contributed by atoms with Crippen molar-refractivity contribution in [3.05, 3.63) is 34.4 Å². The lowest BCUT2D eigenvalue weighted by Gasteiger charge is -2.09. The standard InChI is InChI=1S/C8H6ClF3O/c9-4-1-2-5(11)7(8(4)12)6(13)3-10/h1-2,6,13H,3H2. The van der Waals surface area contributed by atoms with E-state index in [9.17, 15) is 13.2 Å². The Morgan fingerprint density at radius 2 is 2.00 bits per heavy atom. The summed E-state index contributed by atoms with van der Waals surface area (Å²) in [6, 6.07) is 1.88. The monoisotopic (exact) mass is 210 g/mol. The molecule has 1 aromatic carbocycles. The Kier molecular flexibility index (Phi) is 3.17. The van der Waals surface area contributed by atoms with E-state index in [1.165, 1.54) is 0 Å². The van der Waals surface area contributed by atoms with Crippen LogP contribution in [0, 0.1) is 11.6 Å². The Morgan fingerprint density at radius 3 is 2.54 bits per heavy atom. The van der Waals surface area contributed by atoms with Crippen molar-refractivity contribution in [3.8, 4) is 0 Å². The summed E-state index contributed by atoms with van der Waals surface area (Å²) >= 11 is 5.31. The predicted molar refractivity (Wildman–Crippen MR) is 42.3 cm³/mol. The summed E-state index contributed by atoms with van der Waals surface area (Å²) in [5, 5.41) is 8.56. The summed E-state index contributed by atoms with van der Waals surface area (Å²) in [5.74, 6) is -2.13. The van der Waals surface area contributed by atoms with Crippen molar-refractivity contribution < 1.29 is 18.3 Å². The highest BCUT2D eigenvalue weighted by Crippen LogP contribution is 2.26. The first-order chi connectivity index (χ1) is 6.07. The summed E-state index contributed by atoms with van der Waals surface area (Å²) in [6.07, 6.45) is -1.81. The van der Waals surface area contributed by atoms with E-state index in [1.54, 1.807) is 0 Å². The zero-order valence-corrected chi connectivity index (χ0v) is 7.15. The number of alkyl halides is 1. The van der Waals surface area contributed by atoms with Crippen molar-refractivity contribution in [1.29, 1.82) is 0 Å². The van der Waals surface area contributed by atoms with Crippen LogP contribution in [0.2, 0.25) is 5.02 Å². The molecule has 0 amide bonds. The lowest BCUT2D eigenvalue weighted by Crippen LogP contribution is -2.06. The maximum absolute atomic E-state index is 13.0. The molecular weight excluding hydrogens is 205 g/mol. The molecule has 0 aliphatic rings. The molecule has 0 radical (unpaired) electrons. The summed E-state index contributed by atoms with van der Waals surface area (Å²) in [7, 11) is 0. The zero-order valence-electron chi connectivity index (χ0n) is 6.40. The van der Waals surface area contributed by atoms with Crippen LogP contribution >= 0.6 is 11.6 Å². The number of hydrogen-bond acceptors (Lipinski definition) is 1. The smallest absolute Gasteiger partial charge is 0.150 e. The van der Waals surface area contributed by atoms with Gasteiger partial charge in [0.15, 0.2) is 5.82 Å². The van der Waals surface area contributed by atoms with Gasteiger partial charge in [-0.25, -0.2) is 13.2 Å². The maximum atomic E-state index is 13.0. The number of aliphatic hydroxyl groups is 1. The highest BCUT2D eigenvalue weighted by atomic mass is 35.5. The molecular formula is C8H6ClF3O. The molecule has 72 valence electrons. The third kappa shape index (κ3) is 1.95. The second-order valence-electron chi connectivity index (χ2n) is 2.43. The van der Waals surface area contributed by atoms with E-state index in [2.05, 4.69) is 0 Å². The SMILES string of the molecule is OC(CF)c1c(F)ccc(Cl)c1F. The molecule has 0 aliphatic heterocycles. The molecule has 1 unspecified atom stereocenters. The van der Waals surface area contributed by atoms with Gasteiger partial charge in [0.2, 0.25) is 0 Å². The largest absolute Gasteiger partial charge is 0.385 e. The van der Waals surface area contributed by atoms with E-state index >= 15 is 0 Å². The van der Waals surface area contributed by atoms with Crippen LogP contribution in [0.5, 0.6) is 0 Å². The number of hydrogen-bond donors (Lipinski definition) is 1. The lowest BCUT2D eigenvalue weighted by molar-refractivity contribution is 0.133. The molecule has 0 bridgehead atoms. The van der Waals surface area contributed by atoms with Gasteiger partial charge in [-0.2, -0.15) is 0 Å². The minimum atomic E-state index is -1.81. The average molecular weight is 211 g/mol. The minimum Gasteiger partial charge on any atom is -0.385 e. The van der Waals surface area contributed by atoms with E-state index < -0.39 is 30.0 Å². The molecule has 1 atom stereocenters. The third-order valence-electron chi connectivity index (χ3n) is 1.56. The Labute approximate surface area is 77.8 Å². The summed E-state index contributed by atoms with van der Waals surface area (Å²) in [6.45, 7) is -1.26. The van der Waals surface area contributed by atoms with Crippen LogP contribution in [0.25, 0.3) is 0 Å². The van der Waals surface area contributed by atoms with Gasteiger partial charge in [-0.05, 0) is 12.1 Å². The van der Waals surface area contributed by atoms with Crippen molar-refractivity contribution in [2.75, 3.05) is 6.67 Å². The van der Waals surface area contributed by atoms with Crippen molar-refractivity contribution in [1.82, 2.24) is 0 Å². The molecule has 1 nitrogen and oxygen atoms in total. The normalized spacial score (nSPS) is 13.0. The van der Waals surface area contributed by atoms with Gasteiger partial charge >= 0.3 is 0 Å². The molecule has 5 heteroatoms. The van der Waals surface area contributed by atoms with Gasteiger partial charge in [0, 0.05) is 0 Å². The topological polar surface area (TPSA) is 20.2 Å². The van der Waals surface area contributed by atoms with Gasteiger partial charge < -0.3 is 5.11 Å². The van der Waals surface area contributed by atoms with Crippen LogP contribution < -0.4 is 0 Å². The molecule has 0 aromatic heterocycles. The molecule has 0 spiro atoms. The Bertz CT molecular complexity index is 317. The first kappa shape index (κ1) is 10.3. The van der Waals surface area contributed by atoms with Crippen molar-refractivity contribution >= 4 is 11.6 Å². The van der Waals surface area contributed by atoms with Gasteiger partial charge in [0.25, 0.3) is 0 Å². The molecule has 1 aromatic rings. The highest BCUT2D eigenvalue weighted by Gasteiger charge is 2.19. The van der Waals surface area contributed by atoms with Crippen LogP contribution in [0.4, 0.5) is 13.2 Å². The highest BCUT2D eigenvalue weighted by molar-refractivity contribution is 6.30. The molecule has 0 saturated carbocycles. The number of rotatable bonds is 2. The summed E-state index contributed by atoms with van der Waals surface area (Å²) in [5.41, 5.74) is -0.727. The van der Waals surface area contributed by atoms with Crippen molar-refractivity contribution in [2.45, 2.75) is 6.10 Å². The Morgan fingerprint density at radius 1 is 1.38 bits per heavy atom. The fourth-order valence-corrected chi connectivity index (χ4v) is 1.09. The second kappa shape index (κ2) is 3.98. The van der Waals surface area contributed by atoms with Crippen LogP contribution in [0.3, 0.4) is 0 Å². The molecule has 1 rings (SSSR count). The average Bonchev–Trinajstić information content (AvgIpc) is 2.12. The van der Waals surface area contributed by atoms with E-state index in [0.29, 0.717) is 0 Å². The molecule has 1 N–H and O–H groups in total. The van der Waals surface area contributed by atoms with Crippen LogP contribution in [-0.2, 0) is 0 Å². The van der Waals surface area contributed by atoms with Gasteiger partial charge in [-0.3, -0.25) is 0 Å². The zero-order chi connectivity index (χ0) is 10.0. The Hall–Kier alpha value is -0.740. The van der Waals surface area contributed by atoms with Gasteiger partial charge in [-0.15, -0.1) is 0 Å². The third-order valence-corrected chi connectivity index (χ3v) is 1.85. The van der Waals surface area contributed by atoms with E-state index in [1.807, 2.05) is 0 Å². The molecule has 0 heterocycles. The Balaban J connectivity index is 3.25. The first-order valence-electron chi connectivity index (χ1n) is 3.45. The summed E-state index contributed by atoms with van der Waals surface area (Å²) in [4.78, 5) is 0. The van der Waals surface area contributed by atoms with Crippen LogP contribution in [-0.4, -0.2) is 11.8 Å². The fraction of sp³-hybridized carbons (Fsp3) is 0.250. The quantitative estimate of drug-likeness (QED) is 0.744. The summed E-state index contributed by atoms with van der Waals surface area (Å²) < 4.78 is 37.8. The molecule has 0 fully saturated rings. The number of aliphatic hydroxyl groups excluding tert-OH is 1. The van der Waals surface area contributed by atoms with E-state index in [-0.39, 0.29) is 5.02 Å². The fourth-order valence-electron chi connectivity index (χ4n) is 0.925. The van der Waals surface area contributed by atoms with Crippen LogP contribution in [0.1, 0.15) is 11.7 Å². The predicted octanol–water partition coefficient (Wildman–Crippen LogP) is 2.62. The van der Waals surface area contributed by atoms with Crippen molar-refractivity contribution in [3.63, 3.8) is 0 Å². The minimum absolute atomic E-state index is 0.344.